The van der Waals surface area contributed by atoms with Gasteiger partial charge in [0.25, 0.3) is 0 Å². The van der Waals surface area contributed by atoms with Crippen LogP contribution in [0.5, 0.6) is 0 Å². The zero-order valence-electron chi connectivity index (χ0n) is 21.9. The molecular weight excluding hydrogens is 509 g/mol. The van der Waals surface area contributed by atoms with Crippen molar-refractivity contribution in [1.82, 2.24) is 28.6 Å². The second-order valence-corrected chi connectivity index (χ2v) is 10.7. The highest BCUT2D eigenvalue weighted by molar-refractivity contribution is 5.58. The van der Waals surface area contributed by atoms with Crippen LogP contribution in [0.25, 0.3) is 11.2 Å². The molecule has 2 fully saturated rings. The van der Waals surface area contributed by atoms with E-state index in [1.807, 2.05) is 29.8 Å². The van der Waals surface area contributed by atoms with Crippen LogP contribution < -0.4 is 5.69 Å². The molecule has 4 heterocycles. The third-order valence-corrected chi connectivity index (χ3v) is 8.29. The summed E-state index contributed by atoms with van der Waals surface area (Å²) in [5, 5.41) is 8.41. The van der Waals surface area contributed by atoms with Crippen LogP contribution in [0.4, 0.5) is 13.2 Å². The van der Waals surface area contributed by atoms with Crippen molar-refractivity contribution in [2.75, 3.05) is 20.3 Å². The van der Waals surface area contributed by atoms with E-state index in [4.69, 9.17) is 4.74 Å². The van der Waals surface area contributed by atoms with E-state index in [2.05, 4.69) is 15.1 Å². The predicted molar refractivity (Wildman–Crippen MR) is 139 cm³/mol. The highest BCUT2D eigenvalue weighted by Gasteiger charge is 2.36. The van der Waals surface area contributed by atoms with Crippen molar-refractivity contribution in [1.29, 1.82) is 0 Å². The number of alkyl halides is 3. The van der Waals surface area contributed by atoms with Crippen molar-refractivity contribution in [2.24, 2.45) is 13.0 Å². The van der Waals surface area contributed by atoms with E-state index in [0.717, 1.165) is 48.0 Å². The lowest BCUT2D eigenvalue weighted by Crippen LogP contribution is -2.49. The Bertz CT molecular complexity index is 1550. The number of imidazole rings is 1. The van der Waals surface area contributed by atoms with E-state index >= 15 is 0 Å². The van der Waals surface area contributed by atoms with Gasteiger partial charge in [0, 0.05) is 51.6 Å². The molecule has 1 aliphatic heterocycles. The molecule has 206 valence electrons. The molecule has 3 aromatic heterocycles. The minimum absolute atomic E-state index is 0.00663. The number of rotatable bonds is 8. The molecule has 0 N–H and O–H groups in total. The van der Waals surface area contributed by atoms with Crippen LogP contribution in [0.1, 0.15) is 54.1 Å². The molecule has 1 aliphatic carbocycles. The summed E-state index contributed by atoms with van der Waals surface area (Å²) >= 11 is 0. The number of likely N-dealkylation sites (tertiary alicyclic amines) is 1. The Kier molecular flexibility index (Phi) is 6.58. The molecule has 11 heteroatoms. The molecular formula is C28H31F3N6O2. The standard InChI is InChI=1S/C28H31F3N6O2/c1-34-17-32-33-26(34)25(19-5-3-6-19)20-7-4-8-21(12-20)36-15-24-23(28(29,30)31)11-18(14-37(24)27(36)38)13-35-10-9-22(35)16-39-2/h4,7-8,11-12,14-15,17,19,22,25H,3,5-6,9-10,13,16H2,1-2H3/t22-,25+/m0/s1. The van der Waals surface area contributed by atoms with Gasteiger partial charge in [-0.25, -0.2) is 4.79 Å². The maximum Gasteiger partial charge on any atom is 0.418 e. The van der Waals surface area contributed by atoms with E-state index < -0.39 is 17.4 Å². The van der Waals surface area contributed by atoms with Gasteiger partial charge in [-0.1, -0.05) is 18.6 Å². The molecule has 0 spiro atoms. The lowest BCUT2D eigenvalue weighted by molar-refractivity contribution is -0.136. The van der Waals surface area contributed by atoms with Crippen molar-refractivity contribution >= 4 is 5.52 Å². The smallest absolute Gasteiger partial charge is 0.383 e. The van der Waals surface area contributed by atoms with Gasteiger partial charge in [0.1, 0.15) is 12.2 Å². The number of hydrogen-bond donors (Lipinski definition) is 0. The van der Waals surface area contributed by atoms with E-state index in [-0.39, 0.29) is 17.5 Å². The summed E-state index contributed by atoms with van der Waals surface area (Å²) < 4.78 is 52.2. The van der Waals surface area contributed by atoms with Gasteiger partial charge >= 0.3 is 11.9 Å². The molecule has 1 aromatic carbocycles. The second-order valence-electron chi connectivity index (χ2n) is 10.7. The Morgan fingerprint density at radius 1 is 1.15 bits per heavy atom. The van der Waals surface area contributed by atoms with Crippen molar-refractivity contribution in [2.45, 2.75) is 50.4 Å². The van der Waals surface area contributed by atoms with Gasteiger partial charge in [0.15, 0.2) is 0 Å². The summed E-state index contributed by atoms with van der Waals surface area (Å²) in [5.74, 6) is 1.23. The van der Waals surface area contributed by atoms with Gasteiger partial charge in [-0.15, -0.1) is 10.2 Å². The maximum absolute atomic E-state index is 14.2. The Labute approximate surface area is 223 Å². The Morgan fingerprint density at radius 3 is 2.59 bits per heavy atom. The molecule has 8 nitrogen and oxygen atoms in total. The summed E-state index contributed by atoms with van der Waals surface area (Å²) in [6.45, 7) is 1.63. The zero-order chi connectivity index (χ0) is 27.3. The quantitative estimate of drug-likeness (QED) is 0.332. The highest BCUT2D eigenvalue weighted by atomic mass is 19.4. The fourth-order valence-electron chi connectivity index (χ4n) is 5.91. The average Bonchev–Trinajstić information content (AvgIpc) is 3.44. The Balaban J connectivity index is 1.42. The number of fused-ring (bicyclic) bond motifs is 1. The number of benzene rings is 1. The van der Waals surface area contributed by atoms with E-state index in [9.17, 15) is 18.0 Å². The van der Waals surface area contributed by atoms with Gasteiger partial charge in [-0.05, 0) is 54.5 Å². The van der Waals surface area contributed by atoms with Crippen LogP contribution in [-0.4, -0.2) is 54.9 Å². The van der Waals surface area contributed by atoms with Crippen LogP contribution in [0, 0.1) is 5.92 Å². The first-order valence-electron chi connectivity index (χ1n) is 13.3. The zero-order valence-corrected chi connectivity index (χ0v) is 21.9. The molecule has 6 rings (SSSR count). The lowest BCUT2D eigenvalue weighted by Gasteiger charge is -2.40. The summed E-state index contributed by atoms with van der Waals surface area (Å²) in [5.41, 5.74) is 0.409. The van der Waals surface area contributed by atoms with Gasteiger partial charge in [0.05, 0.1) is 23.4 Å². The number of nitrogens with zero attached hydrogens (tertiary/aromatic N) is 6. The van der Waals surface area contributed by atoms with Crippen LogP contribution in [0.3, 0.4) is 0 Å². The molecule has 0 unspecified atom stereocenters. The fourth-order valence-corrected chi connectivity index (χ4v) is 5.91. The number of aromatic nitrogens is 5. The minimum Gasteiger partial charge on any atom is -0.383 e. The average molecular weight is 541 g/mol. The summed E-state index contributed by atoms with van der Waals surface area (Å²) in [7, 11) is 3.52. The number of methoxy groups -OCH3 is 1. The first-order chi connectivity index (χ1) is 18.7. The molecule has 4 aromatic rings. The summed E-state index contributed by atoms with van der Waals surface area (Å²) in [4.78, 5) is 15.6. The van der Waals surface area contributed by atoms with Crippen LogP contribution in [0.15, 0.2) is 53.8 Å². The van der Waals surface area contributed by atoms with Crippen LogP contribution in [0.2, 0.25) is 0 Å². The second kappa shape index (κ2) is 9.95. The molecule has 1 saturated carbocycles. The number of aryl methyl sites for hydroxylation is 1. The molecule has 0 bridgehead atoms. The maximum atomic E-state index is 14.2. The minimum atomic E-state index is -4.61. The fraction of sp³-hybridized carbons (Fsp3) is 0.464. The number of hydrogen-bond acceptors (Lipinski definition) is 5. The Morgan fingerprint density at radius 2 is 1.97 bits per heavy atom. The van der Waals surface area contributed by atoms with Gasteiger partial charge in [-0.3, -0.25) is 13.9 Å². The van der Waals surface area contributed by atoms with Gasteiger partial charge < -0.3 is 9.30 Å². The van der Waals surface area contributed by atoms with E-state index in [1.54, 1.807) is 19.5 Å². The highest BCUT2D eigenvalue weighted by Crippen LogP contribution is 2.43. The van der Waals surface area contributed by atoms with Gasteiger partial charge in [0.2, 0.25) is 0 Å². The number of halogens is 3. The number of ether oxygens (including phenoxy) is 1. The topological polar surface area (TPSA) is 69.6 Å². The van der Waals surface area contributed by atoms with E-state index in [1.165, 1.54) is 23.0 Å². The molecule has 0 amide bonds. The number of pyridine rings is 1. The van der Waals surface area contributed by atoms with Crippen molar-refractivity contribution in [3.63, 3.8) is 0 Å². The predicted octanol–water partition coefficient (Wildman–Crippen LogP) is 4.39. The third kappa shape index (κ3) is 4.67. The van der Waals surface area contributed by atoms with Crippen molar-refractivity contribution < 1.29 is 17.9 Å². The largest absolute Gasteiger partial charge is 0.418 e. The molecule has 2 aliphatic rings. The first-order valence-corrected chi connectivity index (χ1v) is 13.3. The summed E-state index contributed by atoms with van der Waals surface area (Å²) in [6, 6.07) is 8.81. The molecule has 1 saturated heterocycles. The van der Waals surface area contributed by atoms with Crippen molar-refractivity contribution in [3.05, 3.63) is 82.1 Å². The van der Waals surface area contributed by atoms with E-state index in [0.29, 0.717) is 30.3 Å². The normalized spacial score (nSPS) is 19.3. The SMILES string of the molecule is COC[C@@H]1CCN1Cc1cc(C(F)(F)F)c2cn(-c3cccc([C@H](c4nncn4C)C4CCC4)c3)c(=O)n2c1. The molecule has 39 heavy (non-hydrogen) atoms. The van der Waals surface area contributed by atoms with Crippen molar-refractivity contribution in [3.8, 4) is 5.69 Å². The van der Waals surface area contributed by atoms with Crippen LogP contribution in [-0.2, 0) is 24.5 Å². The van der Waals surface area contributed by atoms with Gasteiger partial charge in [-0.2, -0.15) is 13.2 Å². The monoisotopic (exact) mass is 540 g/mol. The molecule has 0 radical (unpaired) electrons. The summed E-state index contributed by atoms with van der Waals surface area (Å²) in [6.07, 6.45) is 4.11. The lowest BCUT2D eigenvalue weighted by atomic mass is 9.72. The molecule has 2 atom stereocenters. The first kappa shape index (κ1) is 25.8. The van der Waals surface area contributed by atoms with Crippen LogP contribution >= 0.6 is 0 Å². The third-order valence-electron chi connectivity index (χ3n) is 8.29. The Hall–Kier alpha value is -3.44.